The van der Waals surface area contributed by atoms with Crippen LogP contribution in [0.4, 0.5) is 0 Å². The molecule has 0 aliphatic carbocycles. The van der Waals surface area contributed by atoms with E-state index in [0.29, 0.717) is 5.92 Å². The predicted octanol–water partition coefficient (Wildman–Crippen LogP) is 4.90. The molecule has 0 saturated carbocycles. The zero-order valence-electron chi connectivity index (χ0n) is 11.6. The minimum Gasteiger partial charge on any atom is -0.0591 e. The van der Waals surface area contributed by atoms with E-state index in [1.807, 2.05) is 0 Å². The van der Waals surface area contributed by atoms with Crippen LogP contribution in [-0.2, 0) is 12.8 Å². The fourth-order valence-corrected chi connectivity index (χ4v) is 2.11. The maximum Gasteiger partial charge on any atom is -0.0219 e. The van der Waals surface area contributed by atoms with Gasteiger partial charge in [0.1, 0.15) is 0 Å². The lowest BCUT2D eigenvalue weighted by atomic mass is 9.99. The summed E-state index contributed by atoms with van der Waals surface area (Å²) in [6.07, 6.45) is 2.25. The molecular formula is C18H22. The molecule has 2 aromatic carbocycles. The van der Waals surface area contributed by atoms with Gasteiger partial charge in [-0.2, -0.15) is 0 Å². The van der Waals surface area contributed by atoms with Gasteiger partial charge in [0, 0.05) is 0 Å². The summed E-state index contributed by atoms with van der Waals surface area (Å²) in [5, 5.41) is 0. The van der Waals surface area contributed by atoms with Crippen molar-refractivity contribution in [2.24, 2.45) is 0 Å². The monoisotopic (exact) mass is 238 g/mol. The predicted molar refractivity (Wildman–Crippen MR) is 79.1 cm³/mol. The number of rotatable bonds is 4. The Labute approximate surface area is 111 Å². The second-order valence-electron chi connectivity index (χ2n) is 5.38. The third-order valence-electron chi connectivity index (χ3n) is 3.47. The average Bonchev–Trinajstić information content (AvgIpc) is 2.38. The van der Waals surface area contributed by atoms with Crippen molar-refractivity contribution < 1.29 is 0 Å². The van der Waals surface area contributed by atoms with Crippen molar-refractivity contribution in [1.29, 1.82) is 0 Å². The highest BCUT2D eigenvalue weighted by Crippen LogP contribution is 2.16. The molecule has 2 aromatic rings. The van der Waals surface area contributed by atoms with Crippen molar-refractivity contribution in [3.05, 3.63) is 70.8 Å². The van der Waals surface area contributed by atoms with Gasteiger partial charge in [0.2, 0.25) is 0 Å². The van der Waals surface area contributed by atoms with Crippen LogP contribution in [0.2, 0.25) is 0 Å². The molecule has 0 heteroatoms. The first kappa shape index (κ1) is 12.9. The first-order chi connectivity index (χ1) is 8.65. The number of aryl methyl sites for hydroxylation is 3. The smallest absolute Gasteiger partial charge is 0.0219 e. The SMILES string of the molecule is Cc1ccc(CCc2ccc(C(C)C)cc2)cc1. The standard InChI is InChI=1S/C18H22/c1-14(2)18-12-10-17(11-13-18)9-8-16-6-4-15(3)5-7-16/h4-7,10-14H,8-9H2,1-3H3. The Morgan fingerprint density at radius 1 is 0.722 bits per heavy atom. The zero-order chi connectivity index (χ0) is 13.0. The van der Waals surface area contributed by atoms with E-state index in [2.05, 4.69) is 69.3 Å². The van der Waals surface area contributed by atoms with Crippen LogP contribution in [0.3, 0.4) is 0 Å². The highest BCUT2D eigenvalue weighted by molar-refractivity contribution is 5.27. The van der Waals surface area contributed by atoms with Crippen molar-refractivity contribution in [3.8, 4) is 0 Å². The van der Waals surface area contributed by atoms with Crippen LogP contribution in [0, 0.1) is 6.92 Å². The van der Waals surface area contributed by atoms with Gasteiger partial charge in [-0.15, -0.1) is 0 Å². The summed E-state index contributed by atoms with van der Waals surface area (Å²) in [5.41, 5.74) is 5.61. The van der Waals surface area contributed by atoms with Crippen LogP contribution in [0.5, 0.6) is 0 Å². The molecule has 0 spiro atoms. The van der Waals surface area contributed by atoms with Crippen LogP contribution in [0.15, 0.2) is 48.5 Å². The molecule has 0 heterocycles. The van der Waals surface area contributed by atoms with Crippen LogP contribution >= 0.6 is 0 Å². The van der Waals surface area contributed by atoms with E-state index in [0.717, 1.165) is 12.8 Å². The minimum absolute atomic E-state index is 0.621. The van der Waals surface area contributed by atoms with Gasteiger partial charge in [0.05, 0.1) is 0 Å². The van der Waals surface area contributed by atoms with E-state index < -0.39 is 0 Å². The Kier molecular flexibility index (Phi) is 4.19. The highest BCUT2D eigenvalue weighted by atomic mass is 14.0. The lowest BCUT2D eigenvalue weighted by Gasteiger charge is -2.07. The van der Waals surface area contributed by atoms with Gasteiger partial charge < -0.3 is 0 Å². The Hall–Kier alpha value is -1.56. The van der Waals surface area contributed by atoms with E-state index in [-0.39, 0.29) is 0 Å². The normalized spacial score (nSPS) is 10.9. The molecule has 94 valence electrons. The first-order valence-electron chi connectivity index (χ1n) is 6.79. The summed E-state index contributed by atoms with van der Waals surface area (Å²) < 4.78 is 0. The summed E-state index contributed by atoms with van der Waals surface area (Å²) >= 11 is 0. The Morgan fingerprint density at radius 2 is 1.17 bits per heavy atom. The summed E-state index contributed by atoms with van der Waals surface area (Å²) in [4.78, 5) is 0. The van der Waals surface area contributed by atoms with Crippen molar-refractivity contribution >= 4 is 0 Å². The summed E-state index contributed by atoms with van der Waals surface area (Å²) in [7, 11) is 0. The van der Waals surface area contributed by atoms with Crippen molar-refractivity contribution in [2.75, 3.05) is 0 Å². The van der Waals surface area contributed by atoms with Crippen LogP contribution in [-0.4, -0.2) is 0 Å². The first-order valence-corrected chi connectivity index (χ1v) is 6.79. The third kappa shape index (κ3) is 3.46. The molecule has 0 amide bonds. The van der Waals surface area contributed by atoms with Crippen LogP contribution < -0.4 is 0 Å². The maximum absolute atomic E-state index is 2.27. The second-order valence-corrected chi connectivity index (χ2v) is 5.38. The molecule has 18 heavy (non-hydrogen) atoms. The molecule has 0 fully saturated rings. The van der Waals surface area contributed by atoms with Gasteiger partial charge in [0.25, 0.3) is 0 Å². The van der Waals surface area contributed by atoms with E-state index in [4.69, 9.17) is 0 Å². The summed E-state index contributed by atoms with van der Waals surface area (Å²) in [6.45, 7) is 6.61. The van der Waals surface area contributed by atoms with Gasteiger partial charge in [0.15, 0.2) is 0 Å². The zero-order valence-corrected chi connectivity index (χ0v) is 11.6. The maximum atomic E-state index is 2.27. The molecule has 0 aliphatic rings. The minimum atomic E-state index is 0.621. The molecular weight excluding hydrogens is 216 g/mol. The lowest BCUT2D eigenvalue weighted by Crippen LogP contribution is -1.93. The second kappa shape index (κ2) is 5.86. The summed E-state index contributed by atoms with van der Waals surface area (Å²) in [6, 6.07) is 17.9. The molecule has 0 atom stereocenters. The topological polar surface area (TPSA) is 0 Å². The molecule has 0 N–H and O–H groups in total. The Balaban J connectivity index is 1.95. The quantitative estimate of drug-likeness (QED) is 0.710. The van der Waals surface area contributed by atoms with Gasteiger partial charge in [-0.3, -0.25) is 0 Å². The van der Waals surface area contributed by atoms with Crippen LogP contribution in [0.25, 0.3) is 0 Å². The van der Waals surface area contributed by atoms with Gasteiger partial charge in [-0.05, 0) is 42.4 Å². The molecule has 0 saturated heterocycles. The number of hydrogen-bond acceptors (Lipinski definition) is 0. The van der Waals surface area contributed by atoms with Crippen molar-refractivity contribution in [3.63, 3.8) is 0 Å². The van der Waals surface area contributed by atoms with E-state index in [1.165, 1.54) is 22.3 Å². The summed E-state index contributed by atoms with van der Waals surface area (Å²) in [5.74, 6) is 0.621. The Morgan fingerprint density at radius 3 is 1.61 bits per heavy atom. The third-order valence-corrected chi connectivity index (χ3v) is 3.47. The number of hydrogen-bond donors (Lipinski definition) is 0. The molecule has 0 unspecified atom stereocenters. The van der Waals surface area contributed by atoms with Crippen LogP contribution in [0.1, 0.15) is 42.0 Å². The molecule has 0 aliphatic heterocycles. The Bertz CT molecular complexity index is 474. The molecule has 0 radical (unpaired) electrons. The van der Waals surface area contributed by atoms with Gasteiger partial charge >= 0.3 is 0 Å². The average molecular weight is 238 g/mol. The fraction of sp³-hybridized carbons (Fsp3) is 0.333. The molecule has 0 nitrogen and oxygen atoms in total. The van der Waals surface area contributed by atoms with E-state index in [1.54, 1.807) is 0 Å². The van der Waals surface area contributed by atoms with Crippen molar-refractivity contribution in [1.82, 2.24) is 0 Å². The molecule has 0 bridgehead atoms. The molecule has 0 aromatic heterocycles. The van der Waals surface area contributed by atoms with Gasteiger partial charge in [-0.1, -0.05) is 67.9 Å². The highest BCUT2D eigenvalue weighted by Gasteiger charge is 1.99. The fourth-order valence-electron chi connectivity index (χ4n) is 2.11. The van der Waals surface area contributed by atoms with Gasteiger partial charge in [-0.25, -0.2) is 0 Å². The van der Waals surface area contributed by atoms with E-state index >= 15 is 0 Å². The lowest BCUT2D eigenvalue weighted by molar-refractivity contribution is 0.862. The van der Waals surface area contributed by atoms with Crippen molar-refractivity contribution in [2.45, 2.75) is 39.5 Å². The largest absolute Gasteiger partial charge is 0.0591 e. The van der Waals surface area contributed by atoms with E-state index in [9.17, 15) is 0 Å². The number of benzene rings is 2. The molecule has 2 rings (SSSR count).